The van der Waals surface area contributed by atoms with Gasteiger partial charge in [-0.2, -0.15) is 0 Å². The highest BCUT2D eigenvalue weighted by Gasteiger charge is 2.03. The maximum atomic E-state index is 14.0. The van der Waals surface area contributed by atoms with Crippen LogP contribution in [0, 0.1) is 0 Å². The Bertz CT molecular complexity index is 832. The Kier molecular flexibility index (Phi) is 8.94. The first-order chi connectivity index (χ1) is 12.7. The van der Waals surface area contributed by atoms with Gasteiger partial charge >= 0.3 is 0 Å². The second-order valence-corrected chi connectivity index (χ2v) is 6.47. The van der Waals surface area contributed by atoms with Gasteiger partial charge in [-0.25, -0.2) is 4.39 Å². The van der Waals surface area contributed by atoms with E-state index >= 15 is 0 Å². The lowest BCUT2D eigenvalue weighted by atomic mass is 10.1. The molecule has 0 fully saturated rings. The van der Waals surface area contributed by atoms with E-state index in [1.54, 1.807) is 0 Å². The fourth-order valence-corrected chi connectivity index (χ4v) is 2.00. The molecule has 0 radical (unpaired) electrons. The Morgan fingerprint density at radius 1 is 1.04 bits per heavy atom. The Labute approximate surface area is 162 Å². The summed E-state index contributed by atoms with van der Waals surface area (Å²) in [4.78, 5) is 4.44. The van der Waals surface area contributed by atoms with Crippen LogP contribution in [0.1, 0.15) is 40.2 Å². The first kappa shape index (κ1) is 22.1. The number of rotatable bonds is 8. The van der Waals surface area contributed by atoms with E-state index < -0.39 is 0 Å². The van der Waals surface area contributed by atoms with Crippen LogP contribution >= 0.6 is 0 Å². The Morgan fingerprint density at radius 2 is 1.67 bits per heavy atom. The topological polar surface area (TPSA) is 24.4 Å². The normalized spacial score (nSPS) is 13.9. The lowest BCUT2D eigenvalue weighted by Crippen LogP contribution is -1.99. The number of allylic oxidation sites excluding steroid dienone is 8. The van der Waals surface area contributed by atoms with Crippen molar-refractivity contribution in [2.24, 2.45) is 4.99 Å². The van der Waals surface area contributed by atoms with Gasteiger partial charge in [0.1, 0.15) is 5.83 Å². The van der Waals surface area contributed by atoms with E-state index in [2.05, 4.69) is 23.5 Å². The van der Waals surface area contributed by atoms with Gasteiger partial charge in [-0.15, -0.1) is 0 Å². The van der Waals surface area contributed by atoms with Crippen LogP contribution in [0.25, 0.3) is 5.57 Å². The fraction of sp³-hybridized carbons (Fsp3) is 0.208. The molecular weight excluding hydrogens is 335 g/mol. The minimum Gasteiger partial charge on any atom is -0.354 e. The van der Waals surface area contributed by atoms with Crippen LogP contribution in [0.5, 0.6) is 0 Å². The van der Waals surface area contributed by atoms with E-state index in [1.165, 1.54) is 6.08 Å². The highest BCUT2D eigenvalue weighted by atomic mass is 19.1. The summed E-state index contributed by atoms with van der Waals surface area (Å²) in [6.45, 7) is 17.2. The summed E-state index contributed by atoms with van der Waals surface area (Å²) in [5.74, 6) is -0.376. The van der Waals surface area contributed by atoms with Crippen LogP contribution in [0.3, 0.4) is 0 Å². The molecule has 0 aliphatic carbocycles. The van der Waals surface area contributed by atoms with Gasteiger partial charge in [-0.1, -0.05) is 48.6 Å². The van der Waals surface area contributed by atoms with Crippen LogP contribution < -0.4 is 5.32 Å². The lowest BCUT2D eigenvalue weighted by molar-refractivity contribution is 0.653. The van der Waals surface area contributed by atoms with E-state index in [4.69, 9.17) is 0 Å². The van der Waals surface area contributed by atoms with E-state index in [0.717, 1.165) is 33.7 Å². The largest absolute Gasteiger partial charge is 0.354 e. The third kappa shape index (κ3) is 8.32. The smallest absolute Gasteiger partial charge is 0.146 e. The van der Waals surface area contributed by atoms with E-state index in [0.29, 0.717) is 0 Å². The molecule has 0 aliphatic rings. The van der Waals surface area contributed by atoms with Crippen LogP contribution in [0.15, 0.2) is 95.6 Å². The molecule has 0 heterocycles. The molecule has 0 saturated heterocycles. The molecule has 3 heteroatoms. The maximum Gasteiger partial charge on any atom is 0.146 e. The number of hydrogen-bond acceptors (Lipinski definition) is 2. The van der Waals surface area contributed by atoms with E-state index in [-0.39, 0.29) is 11.5 Å². The van der Waals surface area contributed by atoms with Crippen LogP contribution in [0.4, 0.5) is 10.1 Å². The van der Waals surface area contributed by atoms with Gasteiger partial charge in [0.05, 0.1) is 5.70 Å². The van der Waals surface area contributed by atoms with Crippen molar-refractivity contribution in [3.8, 4) is 0 Å². The summed E-state index contributed by atoms with van der Waals surface area (Å²) in [5, 5.41) is 2.99. The summed E-state index contributed by atoms with van der Waals surface area (Å²) in [6.07, 6.45) is 9.00. The van der Waals surface area contributed by atoms with Gasteiger partial charge in [0, 0.05) is 17.6 Å². The highest BCUT2D eigenvalue weighted by Crippen LogP contribution is 2.20. The first-order valence-corrected chi connectivity index (χ1v) is 8.84. The fourth-order valence-electron chi connectivity index (χ4n) is 2.00. The standard InChI is InChI=1S/C24H29FN2/c1-8-18(4)15-24(25)21(7)27-23-13-11-22(12-14-23)19(5)16-26-20(6)10-9-17(2)3/h8-16,27H,2,7H2,1,3-6H3/b10-9-,18-8-,19-16+,24-15+,26-20+. The lowest BCUT2D eigenvalue weighted by Gasteiger charge is -2.09. The molecule has 1 N–H and O–H groups in total. The molecule has 0 amide bonds. The number of benzene rings is 1. The molecule has 0 atom stereocenters. The Hall–Kier alpha value is -2.94. The minimum absolute atomic E-state index is 0.237. The van der Waals surface area contributed by atoms with Crippen molar-refractivity contribution < 1.29 is 4.39 Å². The summed E-state index contributed by atoms with van der Waals surface area (Å²) in [7, 11) is 0. The monoisotopic (exact) mass is 364 g/mol. The zero-order chi connectivity index (χ0) is 20.4. The number of nitrogens with one attached hydrogen (secondary N) is 1. The zero-order valence-electron chi connectivity index (χ0n) is 16.9. The average molecular weight is 365 g/mol. The summed E-state index contributed by atoms with van der Waals surface area (Å²) in [5.41, 5.74) is 5.85. The molecular formula is C24H29FN2. The van der Waals surface area contributed by atoms with Crippen LogP contribution in [-0.2, 0) is 0 Å². The second kappa shape index (κ2) is 10.9. The molecule has 2 nitrogen and oxygen atoms in total. The van der Waals surface area contributed by atoms with E-state index in [1.807, 2.05) is 83.3 Å². The number of anilines is 1. The molecule has 0 spiro atoms. The molecule has 0 bridgehead atoms. The number of hydrogen-bond donors (Lipinski definition) is 1. The van der Waals surface area contributed by atoms with Crippen LogP contribution in [0.2, 0.25) is 0 Å². The van der Waals surface area contributed by atoms with Gasteiger partial charge < -0.3 is 5.32 Å². The number of halogens is 1. The van der Waals surface area contributed by atoms with Gasteiger partial charge in [-0.05, 0) is 70.0 Å². The van der Waals surface area contributed by atoms with Gasteiger partial charge in [0.25, 0.3) is 0 Å². The molecule has 27 heavy (non-hydrogen) atoms. The highest BCUT2D eigenvalue weighted by molar-refractivity contribution is 5.94. The van der Waals surface area contributed by atoms with Crippen molar-refractivity contribution >= 4 is 17.0 Å². The van der Waals surface area contributed by atoms with Crippen molar-refractivity contribution in [3.63, 3.8) is 0 Å². The molecule has 1 aromatic carbocycles. The third-order valence-corrected chi connectivity index (χ3v) is 3.80. The minimum atomic E-state index is -0.376. The predicted molar refractivity (Wildman–Crippen MR) is 119 cm³/mol. The molecule has 0 unspecified atom stereocenters. The SMILES string of the molecule is C=C(C)\C=C/C(C)=N/C=C(\C)c1ccc(NC(=C)/C(F)=C\C(C)=C/C)cc1. The van der Waals surface area contributed by atoms with Crippen molar-refractivity contribution in [1.82, 2.24) is 0 Å². The van der Waals surface area contributed by atoms with Crippen LogP contribution in [-0.4, -0.2) is 5.71 Å². The molecule has 1 rings (SSSR count). The quantitative estimate of drug-likeness (QED) is 0.377. The first-order valence-electron chi connectivity index (χ1n) is 8.84. The average Bonchev–Trinajstić information content (AvgIpc) is 2.64. The summed E-state index contributed by atoms with van der Waals surface area (Å²) < 4.78 is 14.0. The van der Waals surface area contributed by atoms with E-state index in [9.17, 15) is 4.39 Å². The summed E-state index contributed by atoms with van der Waals surface area (Å²) in [6, 6.07) is 7.72. The van der Waals surface area contributed by atoms with Gasteiger partial charge in [0.15, 0.2) is 0 Å². The predicted octanol–water partition coefficient (Wildman–Crippen LogP) is 7.39. The van der Waals surface area contributed by atoms with Gasteiger partial charge in [-0.3, -0.25) is 4.99 Å². The molecule has 0 aromatic heterocycles. The third-order valence-electron chi connectivity index (χ3n) is 3.80. The summed E-state index contributed by atoms with van der Waals surface area (Å²) >= 11 is 0. The maximum absolute atomic E-state index is 14.0. The number of nitrogens with zero attached hydrogens (tertiary/aromatic N) is 1. The zero-order valence-corrected chi connectivity index (χ0v) is 16.9. The van der Waals surface area contributed by atoms with Crippen molar-refractivity contribution in [3.05, 3.63) is 96.2 Å². The Morgan fingerprint density at radius 3 is 2.22 bits per heavy atom. The van der Waals surface area contributed by atoms with Crippen molar-refractivity contribution in [1.29, 1.82) is 0 Å². The van der Waals surface area contributed by atoms with Gasteiger partial charge in [0.2, 0.25) is 0 Å². The Balaban J connectivity index is 2.82. The second-order valence-electron chi connectivity index (χ2n) is 6.47. The number of aliphatic imine (C=N–C) groups is 1. The van der Waals surface area contributed by atoms with Crippen molar-refractivity contribution in [2.45, 2.75) is 34.6 Å². The molecule has 1 aromatic rings. The molecule has 0 saturated carbocycles. The molecule has 0 aliphatic heterocycles. The molecule has 142 valence electrons. The van der Waals surface area contributed by atoms with Crippen molar-refractivity contribution in [2.75, 3.05) is 5.32 Å².